The van der Waals surface area contributed by atoms with Crippen molar-refractivity contribution in [3.05, 3.63) is 48.6 Å². The lowest BCUT2D eigenvalue weighted by atomic mass is 9.96. The summed E-state index contributed by atoms with van der Waals surface area (Å²) in [6, 6.07) is -0.994. The molecule has 0 aromatic carbocycles. The fourth-order valence-corrected chi connectivity index (χ4v) is 11.6. The molecule has 1 amide bonds. The van der Waals surface area contributed by atoms with Crippen LogP contribution in [0.2, 0.25) is 0 Å². The third-order valence-electron chi connectivity index (χ3n) is 17.3. The van der Waals surface area contributed by atoms with Crippen molar-refractivity contribution in [3.8, 4) is 0 Å². The second-order valence-electron chi connectivity index (χ2n) is 25.0. The van der Waals surface area contributed by atoms with E-state index < -0.39 is 124 Å². The topological polar surface area (TPSA) is 307 Å². The van der Waals surface area contributed by atoms with Crippen molar-refractivity contribution in [1.29, 1.82) is 0 Å². The fourth-order valence-electron chi connectivity index (χ4n) is 11.6. The highest BCUT2D eigenvalue weighted by atomic mass is 16.8. The van der Waals surface area contributed by atoms with E-state index in [2.05, 4.69) is 55.6 Å². The molecule has 19 nitrogen and oxygen atoms in total. The highest BCUT2D eigenvalue weighted by Gasteiger charge is 2.53. The monoisotopic (exact) mass is 1260 g/mol. The van der Waals surface area contributed by atoms with Gasteiger partial charge < -0.3 is 89.9 Å². The molecule has 3 fully saturated rings. The summed E-state index contributed by atoms with van der Waals surface area (Å²) in [5.41, 5.74) is 0. The van der Waals surface area contributed by atoms with Gasteiger partial charge in [-0.1, -0.05) is 229 Å². The molecule has 0 aliphatic carbocycles. The second kappa shape index (κ2) is 51.2. The number of amides is 1. The van der Waals surface area contributed by atoms with Crippen molar-refractivity contribution in [2.45, 2.75) is 356 Å². The van der Waals surface area contributed by atoms with Crippen LogP contribution < -0.4 is 5.32 Å². The number of ether oxygens (including phenoxy) is 6. The van der Waals surface area contributed by atoms with Crippen molar-refractivity contribution in [2.75, 3.05) is 26.4 Å². The number of nitrogens with one attached hydrogen (secondary N) is 1. The predicted octanol–water partition coefficient (Wildman–Crippen LogP) is 9.00. The van der Waals surface area contributed by atoms with E-state index in [1.165, 1.54) is 161 Å². The first-order valence-electron chi connectivity index (χ1n) is 34.9. The molecular weight excluding hydrogens is 1130 g/mol. The maximum absolute atomic E-state index is 13.4. The summed E-state index contributed by atoms with van der Waals surface area (Å²) < 4.78 is 34.3. The minimum atomic E-state index is -1.98. The zero-order valence-corrected chi connectivity index (χ0v) is 54.2. The van der Waals surface area contributed by atoms with Gasteiger partial charge in [0.1, 0.15) is 73.2 Å². The summed E-state index contributed by atoms with van der Waals surface area (Å²) in [6.07, 6.45) is 33.7. The van der Waals surface area contributed by atoms with Gasteiger partial charge in [-0.3, -0.25) is 4.79 Å². The Morgan fingerprint density at radius 1 is 0.409 bits per heavy atom. The van der Waals surface area contributed by atoms with Crippen LogP contribution in [0.3, 0.4) is 0 Å². The number of aliphatic hydroxyl groups excluding tert-OH is 11. The summed E-state index contributed by atoms with van der Waals surface area (Å²) in [5, 5.41) is 120. The van der Waals surface area contributed by atoms with E-state index in [-0.39, 0.29) is 18.9 Å². The molecule has 0 radical (unpaired) electrons. The zero-order valence-electron chi connectivity index (χ0n) is 54.2. The Balaban J connectivity index is 1.46. The lowest BCUT2D eigenvalue weighted by Crippen LogP contribution is -2.66. The molecule has 3 saturated heterocycles. The summed E-state index contributed by atoms with van der Waals surface area (Å²) in [4.78, 5) is 13.4. The average Bonchev–Trinajstić information content (AvgIpc) is 3.71. The number of rotatable bonds is 53. The molecule has 0 bridgehead atoms. The van der Waals surface area contributed by atoms with Crippen LogP contribution in [-0.2, 0) is 33.2 Å². The number of hydrogen-bond acceptors (Lipinski definition) is 18. The molecule has 0 spiro atoms. The molecule has 19 heteroatoms. The van der Waals surface area contributed by atoms with E-state index in [1.54, 1.807) is 6.08 Å². The number of allylic oxidation sites excluding steroid dienone is 7. The molecule has 88 heavy (non-hydrogen) atoms. The molecule has 0 saturated carbocycles. The Hall–Kier alpha value is -2.25. The minimum Gasteiger partial charge on any atom is -0.394 e. The van der Waals surface area contributed by atoms with Gasteiger partial charge in [-0.15, -0.1) is 0 Å². The van der Waals surface area contributed by atoms with Crippen LogP contribution in [-0.4, -0.2) is 193 Å². The van der Waals surface area contributed by atoms with E-state index in [9.17, 15) is 61.0 Å². The van der Waals surface area contributed by atoms with Crippen LogP contribution in [0.15, 0.2) is 48.6 Å². The number of unbranched alkanes of at least 4 members (excludes halogenated alkanes) is 31. The fraction of sp³-hybridized carbons (Fsp3) is 0.870. The first kappa shape index (κ1) is 80.0. The van der Waals surface area contributed by atoms with Gasteiger partial charge in [-0.05, 0) is 64.2 Å². The Kier molecular flexibility index (Phi) is 46.5. The zero-order chi connectivity index (χ0) is 64.0. The number of carbonyl (C=O) groups excluding carboxylic acids is 1. The predicted molar refractivity (Wildman–Crippen MR) is 342 cm³/mol. The van der Waals surface area contributed by atoms with Crippen LogP contribution in [0.1, 0.15) is 251 Å². The van der Waals surface area contributed by atoms with Crippen molar-refractivity contribution in [1.82, 2.24) is 5.32 Å². The van der Waals surface area contributed by atoms with E-state index in [0.717, 1.165) is 57.8 Å². The number of carbonyl (C=O) groups is 1. The molecule has 17 unspecified atom stereocenters. The maximum Gasteiger partial charge on any atom is 0.220 e. The van der Waals surface area contributed by atoms with Crippen molar-refractivity contribution in [3.63, 3.8) is 0 Å². The number of aliphatic hydroxyl groups is 11. The van der Waals surface area contributed by atoms with Crippen LogP contribution in [0.4, 0.5) is 0 Å². The molecule has 0 aromatic heterocycles. The lowest BCUT2D eigenvalue weighted by molar-refractivity contribution is -0.379. The normalized spacial score (nSPS) is 28.7. The summed E-state index contributed by atoms with van der Waals surface area (Å²) in [6.45, 7) is 1.70. The maximum atomic E-state index is 13.4. The largest absolute Gasteiger partial charge is 0.394 e. The number of hydrogen-bond donors (Lipinski definition) is 12. The Morgan fingerprint density at radius 3 is 1.23 bits per heavy atom. The second-order valence-corrected chi connectivity index (χ2v) is 25.0. The van der Waals surface area contributed by atoms with Crippen LogP contribution in [0.25, 0.3) is 0 Å². The summed E-state index contributed by atoms with van der Waals surface area (Å²) in [5.74, 6) is -0.289. The summed E-state index contributed by atoms with van der Waals surface area (Å²) in [7, 11) is 0. The van der Waals surface area contributed by atoms with E-state index >= 15 is 0 Å². The van der Waals surface area contributed by atoms with Gasteiger partial charge in [0.05, 0.1) is 38.6 Å². The van der Waals surface area contributed by atoms with Crippen LogP contribution in [0.5, 0.6) is 0 Å². The molecule has 514 valence electrons. The van der Waals surface area contributed by atoms with Crippen molar-refractivity contribution >= 4 is 5.91 Å². The van der Waals surface area contributed by atoms with Gasteiger partial charge in [0.15, 0.2) is 18.9 Å². The molecule has 12 N–H and O–H groups in total. The third-order valence-corrected chi connectivity index (χ3v) is 17.3. The molecule has 3 aliphatic rings. The highest BCUT2D eigenvalue weighted by molar-refractivity contribution is 5.76. The molecular formula is C69H125NO18. The lowest BCUT2D eigenvalue weighted by Gasteiger charge is -2.48. The molecule has 0 aromatic rings. The Bertz CT molecular complexity index is 1790. The average molecular weight is 1260 g/mol. The highest BCUT2D eigenvalue weighted by Crippen LogP contribution is 2.33. The van der Waals surface area contributed by atoms with Gasteiger partial charge in [0.2, 0.25) is 5.91 Å². The van der Waals surface area contributed by atoms with Crippen LogP contribution >= 0.6 is 0 Å². The smallest absolute Gasteiger partial charge is 0.220 e. The third kappa shape index (κ3) is 33.0. The SMILES string of the molecule is CCCCC/C=C\C/C=C\CCCCCCCCCCCC(=O)NC(COC1OC(CO)C(OC2OC(CO)C(OC3OC(CO)C(O)C(O)C3O)C(O)C2O)C(O)C1O)C(O)/C=C/CC/C=C/CCCCCCCCCCCCCCCCCCCC. The van der Waals surface area contributed by atoms with E-state index in [4.69, 9.17) is 28.4 Å². The van der Waals surface area contributed by atoms with E-state index in [1.807, 2.05) is 6.08 Å². The van der Waals surface area contributed by atoms with Crippen molar-refractivity contribution < 1.29 is 89.4 Å². The van der Waals surface area contributed by atoms with Gasteiger partial charge in [-0.2, -0.15) is 0 Å². The minimum absolute atomic E-state index is 0.230. The first-order valence-corrected chi connectivity index (χ1v) is 34.9. The molecule has 3 aliphatic heterocycles. The van der Waals surface area contributed by atoms with Gasteiger partial charge in [-0.25, -0.2) is 0 Å². The summed E-state index contributed by atoms with van der Waals surface area (Å²) >= 11 is 0. The van der Waals surface area contributed by atoms with Crippen LogP contribution in [0, 0.1) is 0 Å². The first-order chi connectivity index (χ1) is 42.8. The molecule has 17 atom stereocenters. The molecule has 3 heterocycles. The van der Waals surface area contributed by atoms with Gasteiger partial charge in [0, 0.05) is 6.42 Å². The van der Waals surface area contributed by atoms with Gasteiger partial charge >= 0.3 is 0 Å². The molecule has 3 rings (SSSR count). The standard InChI is InChI=1S/C69H125NO18/c1-3-5-7-9-11-13-15-17-19-21-23-24-25-26-27-29-30-32-34-36-38-40-42-44-46-53(74)52(70-57(75)47-45-43-41-39-37-35-33-31-28-22-20-18-16-14-12-10-8-6-4-2)51-83-67-63(81)60(78)65(55(49-72)85-67)88-69-64(82)61(79)66(56(50-73)86-69)87-68-62(80)59(77)58(76)54(48-71)84-68/h12,14,18,20,36,38,44,46,52-56,58-69,71-74,76-82H,3-11,13,15-17,19,21-35,37,39-43,45,47-51H2,1-2H3,(H,70,75)/b14-12-,20-18-,38-36+,46-44+. The Labute approximate surface area is 529 Å². The van der Waals surface area contributed by atoms with Gasteiger partial charge in [0.25, 0.3) is 0 Å². The van der Waals surface area contributed by atoms with Crippen molar-refractivity contribution in [2.24, 2.45) is 0 Å². The van der Waals surface area contributed by atoms with E-state index in [0.29, 0.717) is 12.8 Å². The Morgan fingerprint density at radius 2 is 0.761 bits per heavy atom. The quantitative estimate of drug-likeness (QED) is 0.0200.